The molecule has 0 aliphatic rings. The number of rotatable bonds is 4. The highest BCUT2D eigenvalue weighted by molar-refractivity contribution is 6.05. The summed E-state index contributed by atoms with van der Waals surface area (Å²) in [7, 11) is 1.32. The van der Waals surface area contributed by atoms with Crippen LogP contribution in [0.2, 0.25) is 0 Å². The number of H-pyrrole nitrogens is 1. The number of hydrogen-bond acceptors (Lipinski definition) is 4. The molecule has 0 atom stereocenters. The summed E-state index contributed by atoms with van der Waals surface area (Å²) in [6.45, 7) is 3.67. The quantitative estimate of drug-likeness (QED) is 0.693. The summed E-state index contributed by atoms with van der Waals surface area (Å²) in [6.07, 6.45) is 1.64. The van der Waals surface area contributed by atoms with E-state index >= 15 is 0 Å². The van der Waals surface area contributed by atoms with Gasteiger partial charge in [0.05, 0.1) is 13.7 Å². The normalized spacial score (nSPS) is 11.5. The van der Waals surface area contributed by atoms with Crippen LogP contribution < -0.4 is 0 Å². The van der Waals surface area contributed by atoms with Crippen molar-refractivity contribution in [1.29, 1.82) is 0 Å². The lowest BCUT2D eigenvalue weighted by Crippen LogP contribution is -2.07. The highest BCUT2D eigenvalue weighted by atomic mass is 16.5. The van der Waals surface area contributed by atoms with Gasteiger partial charge >= 0.3 is 11.9 Å². The van der Waals surface area contributed by atoms with Crippen molar-refractivity contribution in [2.45, 2.75) is 13.8 Å². The van der Waals surface area contributed by atoms with Crippen molar-refractivity contribution in [3.8, 4) is 0 Å². The molecule has 21 heavy (non-hydrogen) atoms. The van der Waals surface area contributed by atoms with E-state index in [2.05, 4.69) is 9.72 Å². The molecule has 0 amide bonds. The molecular formula is C16H17NO4. The third-order valence-electron chi connectivity index (χ3n) is 3.09. The molecule has 5 heteroatoms. The first-order valence-corrected chi connectivity index (χ1v) is 6.63. The lowest BCUT2D eigenvalue weighted by molar-refractivity contribution is -0.135. The molecule has 0 aliphatic heterocycles. The molecule has 0 aliphatic carbocycles. The number of aromatic amines is 1. The maximum absolute atomic E-state index is 12.1. The fraction of sp³-hybridized carbons (Fsp3) is 0.250. The predicted molar refractivity (Wildman–Crippen MR) is 79.9 cm³/mol. The van der Waals surface area contributed by atoms with Crippen LogP contribution >= 0.6 is 0 Å². The molecule has 0 radical (unpaired) electrons. The Labute approximate surface area is 122 Å². The molecule has 1 N–H and O–H groups in total. The highest BCUT2D eigenvalue weighted by Crippen LogP contribution is 2.25. The van der Waals surface area contributed by atoms with E-state index in [9.17, 15) is 9.59 Å². The van der Waals surface area contributed by atoms with Crippen LogP contribution in [0.4, 0.5) is 0 Å². The van der Waals surface area contributed by atoms with E-state index in [0.29, 0.717) is 16.8 Å². The summed E-state index contributed by atoms with van der Waals surface area (Å²) < 4.78 is 9.74. The van der Waals surface area contributed by atoms with Gasteiger partial charge in [0.15, 0.2) is 0 Å². The van der Waals surface area contributed by atoms with Crippen molar-refractivity contribution in [3.05, 3.63) is 41.1 Å². The molecule has 0 unspecified atom stereocenters. The van der Waals surface area contributed by atoms with Gasteiger partial charge < -0.3 is 14.5 Å². The second kappa shape index (κ2) is 6.26. The van der Waals surface area contributed by atoms with Crippen LogP contribution in [-0.4, -0.2) is 30.6 Å². The van der Waals surface area contributed by atoms with Gasteiger partial charge in [-0.05, 0) is 26.0 Å². The van der Waals surface area contributed by atoms with E-state index in [0.717, 1.165) is 10.9 Å². The molecule has 2 aromatic rings. The van der Waals surface area contributed by atoms with Gasteiger partial charge in [0.25, 0.3) is 0 Å². The maximum atomic E-state index is 12.1. The van der Waals surface area contributed by atoms with Crippen LogP contribution in [0, 0.1) is 0 Å². The van der Waals surface area contributed by atoms with E-state index in [1.165, 1.54) is 7.11 Å². The Bertz CT molecular complexity index is 712. The first-order valence-electron chi connectivity index (χ1n) is 6.63. The third kappa shape index (κ3) is 2.97. The number of para-hydroxylation sites is 1. The molecule has 1 aromatic carbocycles. The summed E-state index contributed by atoms with van der Waals surface area (Å²) in [5, 5.41) is 0.851. The smallest absolute Gasteiger partial charge is 0.355 e. The number of hydrogen-bond donors (Lipinski definition) is 1. The fourth-order valence-electron chi connectivity index (χ4n) is 2.11. The van der Waals surface area contributed by atoms with E-state index in [4.69, 9.17) is 4.74 Å². The molecule has 0 saturated heterocycles. The van der Waals surface area contributed by atoms with Gasteiger partial charge in [0.2, 0.25) is 0 Å². The largest absolute Gasteiger partial charge is 0.466 e. The lowest BCUT2D eigenvalue weighted by Gasteiger charge is -2.02. The Morgan fingerprint density at radius 3 is 2.67 bits per heavy atom. The Morgan fingerprint density at radius 1 is 1.29 bits per heavy atom. The predicted octanol–water partition coefficient (Wildman–Crippen LogP) is 2.92. The van der Waals surface area contributed by atoms with Gasteiger partial charge in [0.1, 0.15) is 5.69 Å². The summed E-state index contributed by atoms with van der Waals surface area (Å²) >= 11 is 0. The van der Waals surface area contributed by atoms with Gasteiger partial charge in [-0.3, -0.25) is 0 Å². The highest BCUT2D eigenvalue weighted by Gasteiger charge is 2.18. The average molecular weight is 287 g/mol. The summed E-state index contributed by atoms with van der Waals surface area (Å²) in [5.41, 5.74) is 2.19. The molecule has 5 nitrogen and oxygen atoms in total. The average Bonchev–Trinajstić information content (AvgIpc) is 2.85. The summed E-state index contributed by atoms with van der Waals surface area (Å²) in [4.78, 5) is 26.7. The summed E-state index contributed by atoms with van der Waals surface area (Å²) in [6, 6.07) is 7.48. The Morgan fingerprint density at radius 2 is 2.00 bits per heavy atom. The number of fused-ring (bicyclic) bond motifs is 1. The number of nitrogens with one attached hydrogen (secondary N) is 1. The van der Waals surface area contributed by atoms with E-state index in [-0.39, 0.29) is 6.61 Å². The van der Waals surface area contributed by atoms with Crippen molar-refractivity contribution in [2.75, 3.05) is 13.7 Å². The second-order valence-electron chi connectivity index (χ2n) is 4.50. The molecule has 110 valence electrons. The summed E-state index contributed by atoms with van der Waals surface area (Å²) in [5.74, 6) is -0.882. The van der Waals surface area contributed by atoms with Crippen LogP contribution in [0.5, 0.6) is 0 Å². The van der Waals surface area contributed by atoms with E-state index in [1.807, 2.05) is 24.3 Å². The first-order chi connectivity index (χ1) is 10.1. The Kier molecular flexibility index (Phi) is 4.42. The molecule has 0 saturated carbocycles. The Balaban J connectivity index is 2.61. The van der Waals surface area contributed by atoms with Crippen LogP contribution in [0.1, 0.15) is 29.9 Å². The van der Waals surface area contributed by atoms with Crippen molar-refractivity contribution in [2.24, 2.45) is 0 Å². The van der Waals surface area contributed by atoms with Gasteiger partial charge in [0, 0.05) is 22.0 Å². The lowest BCUT2D eigenvalue weighted by atomic mass is 10.1. The standard InChI is InChI=1S/C16H17NO4/c1-4-21-16(19)14-12(9-10(2)15(18)20-3)11-7-5-6-8-13(11)17-14/h5-9,17H,4H2,1-3H3/b10-9+. The van der Waals surface area contributed by atoms with Crippen LogP contribution in [-0.2, 0) is 14.3 Å². The number of benzene rings is 1. The fourth-order valence-corrected chi connectivity index (χ4v) is 2.11. The second-order valence-corrected chi connectivity index (χ2v) is 4.50. The zero-order valence-electron chi connectivity index (χ0n) is 12.2. The number of aromatic nitrogens is 1. The minimum absolute atomic E-state index is 0.285. The van der Waals surface area contributed by atoms with Gasteiger partial charge in [-0.25, -0.2) is 9.59 Å². The molecule has 0 spiro atoms. The van der Waals surface area contributed by atoms with Gasteiger partial charge in [-0.1, -0.05) is 18.2 Å². The van der Waals surface area contributed by atoms with Crippen molar-refractivity contribution in [1.82, 2.24) is 4.98 Å². The number of ether oxygens (including phenoxy) is 2. The number of carbonyl (C=O) groups excluding carboxylic acids is 2. The van der Waals surface area contributed by atoms with E-state index < -0.39 is 11.9 Å². The minimum atomic E-state index is -0.447. The van der Waals surface area contributed by atoms with Crippen LogP contribution in [0.3, 0.4) is 0 Å². The van der Waals surface area contributed by atoms with Crippen LogP contribution in [0.15, 0.2) is 29.8 Å². The molecule has 1 aromatic heterocycles. The number of esters is 2. The van der Waals surface area contributed by atoms with Crippen molar-refractivity contribution >= 4 is 28.9 Å². The van der Waals surface area contributed by atoms with Gasteiger partial charge in [-0.15, -0.1) is 0 Å². The zero-order chi connectivity index (χ0) is 15.4. The zero-order valence-corrected chi connectivity index (χ0v) is 12.2. The van der Waals surface area contributed by atoms with Crippen LogP contribution in [0.25, 0.3) is 17.0 Å². The van der Waals surface area contributed by atoms with Crippen molar-refractivity contribution < 1.29 is 19.1 Å². The minimum Gasteiger partial charge on any atom is -0.466 e. The third-order valence-corrected chi connectivity index (χ3v) is 3.09. The topological polar surface area (TPSA) is 68.4 Å². The molecule has 2 rings (SSSR count). The maximum Gasteiger partial charge on any atom is 0.355 e. The molecular weight excluding hydrogens is 270 g/mol. The Hall–Kier alpha value is -2.56. The number of carbonyl (C=O) groups is 2. The van der Waals surface area contributed by atoms with Gasteiger partial charge in [-0.2, -0.15) is 0 Å². The first kappa shape index (κ1) is 14.8. The van der Waals surface area contributed by atoms with E-state index in [1.54, 1.807) is 19.9 Å². The van der Waals surface area contributed by atoms with Crippen molar-refractivity contribution in [3.63, 3.8) is 0 Å². The monoisotopic (exact) mass is 287 g/mol. The SMILES string of the molecule is CCOC(=O)c1[nH]c2ccccc2c1/C=C(\C)C(=O)OC. The molecule has 1 heterocycles. The molecule has 0 fully saturated rings. The molecule has 0 bridgehead atoms. The number of methoxy groups -OCH3 is 1.